The van der Waals surface area contributed by atoms with Gasteiger partial charge in [-0.3, -0.25) is 9.13 Å². The normalized spacial score (nSPS) is 17.9. The number of aldehydes is 1. The van der Waals surface area contributed by atoms with Crippen molar-refractivity contribution in [3.8, 4) is 0 Å². The predicted molar refractivity (Wildman–Crippen MR) is 211 cm³/mol. The third-order valence-corrected chi connectivity index (χ3v) is 10.3. The second-order valence-corrected chi connectivity index (χ2v) is 14.3. The number of para-hydroxylation sites is 4. The molecule has 4 heterocycles. The zero-order chi connectivity index (χ0) is 36.1. The zero-order valence-corrected chi connectivity index (χ0v) is 30.3. The van der Waals surface area contributed by atoms with Gasteiger partial charge in [0.2, 0.25) is 0 Å². The number of H-pyrrole nitrogens is 2. The first-order chi connectivity index (χ1) is 25.5. The van der Waals surface area contributed by atoms with E-state index in [1.807, 2.05) is 88.0 Å². The van der Waals surface area contributed by atoms with Crippen molar-refractivity contribution in [3.05, 3.63) is 141 Å². The largest absolute Gasteiger partial charge is 0.326 e. The van der Waals surface area contributed by atoms with Gasteiger partial charge in [0.1, 0.15) is 6.29 Å². The fourth-order valence-electron chi connectivity index (χ4n) is 7.66. The number of rotatable bonds is 9. The summed E-state index contributed by atoms with van der Waals surface area (Å²) in [6.07, 6.45) is 7.41. The third-order valence-electron chi connectivity index (χ3n) is 10.3. The van der Waals surface area contributed by atoms with Crippen molar-refractivity contribution >= 4 is 28.4 Å². The van der Waals surface area contributed by atoms with Gasteiger partial charge in [0.25, 0.3) is 0 Å². The summed E-state index contributed by atoms with van der Waals surface area (Å²) in [5, 5.41) is 0. The van der Waals surface area contributed by atoms with E-state index in [2.05, 4.69) is 57.1 Å². The van der Waals surface area contributed by atoms with Crippen LogP contribution >= 0.6 is 0 Å². The minimum absolute atomic E-state index is 0.0163. The summed E-state index contributed by atoms with van der Waals surface area (Å²) >= 11 is 0. The van der Waals surface area contributed by atoms with Gasteiger partial charge in [-0.1, -0.05) is 84.9 Å². The number of nitrogens with zero attached hydrogens (tertiary/aromatic N) is 4. The summed E-state index contributed by atoms with van der Waals surface area (Å²) < 4.78 is 3.81. The van der Waals surface area contributed by atoms with E-state index in [0.717, 1.165) is 73.1 Å². The Bertz CT molecular complexity index is 2100. The van der Waals surface area contributed by atoms with Crippen LogP contribution in [0.4, 0.5) is 0 Å². The first-order valence-electron chi connectivity index (χ1n) is 18.7. The molecule has 0 radical (unpaired) electrons. The van der Waals surface area contributed by atoms with Crippen molar-refractivity contribution in [2.75, 3.05) is 39.8 Å². The fourth-order valence-corrected chi connectivity index (χ4v) is 7.66. The highest BCUT2D eigenvalue weighted by atomic mass is 16.1. The van der Waals surface area contributed by atoms with E-state index in [4.69, 9.17) is 0 Å². The van der Waals surface area contributed by atoms with Crippen LogP contribution in [0.3, 0.4) is 0 Å². The number of nitrogens with one attached hydrogen (secondary N) is 2. The lowest BCUT2D eigenvalue weighted by Gasteiger charge is -2.32. The van der Waals surface area contributed by atoms with Crippen LogP contribution in [0.15, 0.2) is 119 Å². The zero-order valence-electron chi connectivity index (χ0n) is 30.3. The van der Waals surface area contributed by atoms with E-state index in [1.165, 1.54) is 44.3 Å². The molecule has 0 amide bonds. The van der Waals surface area contributed by atoms with Crippen molar-refractivity contribution in [3.63, 3.8) is 0 Å². The maximum Gasteiger partial charge on any atom is 0.326 e. The second kappa shape index (κ2) is 18.5. The molecule has 8 rings (SSSR count). The van der Waals surface area contributed by atoms with Crippen LogP contribution in [-0.2, 0) is 30.7 Å². The number of hydrogen-bond donors (Lipinski definition) is 2. The van der Waals surface area contributed by atoms with Crippen LogP contribution in [0, 0.1) is 11.8 Å². The van der Waals surface area contributed by atoms with Gasteiger partial charge in [0.15, 0.2) is 0 Å². The Balaban J connectivity index is 0.000000149. The lowest BCUT2D eigenvalue weighted by atomic mass is 9.97. The van der Waals surface area contributed by atoms with Crippen LogP contribution < -0.4 is 11.4 Å². The molecular formula is C43H52N6O3. The van der Waals surface area contributed by atoms with Crippen LogP contribution in [0.2, 0.25) is 0 Å². The van der Waals surface area contributed by atoms with E-state index in [0.29, 0.717) is 18.3 Å². The minimum Gasteiger partial charge on any atom is -0.306 e. The molecule has 2 N–H and O–H groups in total. The van der Waals surface area contributed by atoms with Crippen molar-refractivity contribution < 1.29 is 4.79 Å². The van der Waals surface area contributed by atoms with Gasteiger partial charge >= 0.3 is 11.4 Å². The van der Waals surface area contributed by atoms with E-state index >= 15 is 0 Å². The molecule has 4 aromatic carbocycles. The van der Waals surface area contributed by atoms with Crippen molar-refractivity contribution in [2.45, 2.75) is 51.6 Å². The van der Waals surface area contributed by atoms with Gasteiger partial charge in [-0.05, 0) is 99.5 Å². The molecule has 52 heavy (non-hydrogen) atoms. The molecule has 9 heteroatoms. The molecule has 272 valence electrons. The summed E-state index contributed by atoms with van der Waals surface area (Å²) in [5.74, 6) is 1.13. The lowest BCUT2D eigenvalue weighted by molar-refractivity contribution is -0.107. The van der Waals surface area contributed by atoms with Gasteiger partial charge in [0.05, 0.1) is 22.1 Å². The molecule has 6 aromatic rings. The number of aromatic nitrogens is 4. The number of fused-ring (bicyclic) bond motifs is 2. The van der Waals surface area contributed by atoms with Crippen LogP contribution in [0.1, 0.15) is 36.8 Å². The average Bonchev–Trinajstić information content (AvgIpc) is 3.66. The maximum absolute atomic E-state index is 12.3. The van der Waals surface area contributed by atoms with E-state index in [9.17, 15) is 14.4 Å². The molecule has 2 fully saturated rings. The number of carbonyl (C=O) groups excluding carboxylic acids is 1. The summed E-state index contributed by atoms with van der Waals surface area (Å²) in [6.45, 7) is 7.26. The highest BCUT2D eigenvalue weighted by Gasteiger charge is 2.22. The Morgan fingerprint density at radius 1 is 0.635 bits per heavy atom. The number of benzene rings is 4. The van der Waals surface area contributed by atoms with Gasteiger partial charge in [-0.2, -0.15) is 0 Å². The molecule has 9 nitrogen and oxygen atoms in total. The van der Waals surface area contributed by atoms with Crippen molar-refractivity contribution in [1.29, 1.82) is 0 Å². The molecule has 0 saturated carbocycles. The number of likely N-dealkylation sites (tertiary alicyclic amines) is 2. The Kier molecular flexibility index (Phi) is 13.1. The second-order valence-electron chi connectivity index (χ2n) is 14.3. The Morgan fingerprint density at radius 3 is 1.69 bits per heavy atom. The molecule has 0 spiro atoms. The van der Waals surface area contributed by atoms with Crippen molar-refractivity contribution in [2.24, 2.45) is 11.8 Å². The predicted octanol–water partition coefficient (Wildman–Crippen LogP) is 6.38. The SMILES string of the molecule is CN1CCCC(Cn2c(=O)[nH]c3ccccc32)C1.O=CCc1ccccc1.O=c1[nH]c2ccccc2n1CC1CCCN(CCc2ccccc2)C1. The number of hydrogen-bond acceptors (Lipinski definition) is 5. The summed E-state index contributed by atoms with van der Waals surface area (Å²) in [6, 6.07) is 36.2. The molecule has 2 saturated heterocycles. The van der Waals surface area contributed by atoms with Crippen LogP contribution in [0.5, 0.6) is 0 Å². The minimum atomic E-state index is 0.0163. The first-order valence-corrected chi connectivity index (χ1v) is 18.7. The quantitative estimate of drug-likeness (QED) is 0.171. The Labute approximate surface area is 305 Å². The van der Waals surface area contributed by atoms with Gasteiger partial charge in [-0.15, -0.1) is 0 Å². The van der Waals surface area contributed by atoms with Crippen LogP contribution in [0.25, 0.3) is 22.1 Å². The molecule has 2 unspecified atom stereocenters. The molecule has 2 aliphatic heterocycles. The number of piperidine rings is 2. The molecule has 0 bridgehead atoms. The number of aromatic amines is 2. The van der Waals surface area contributed by atoms with E-state index < -0.39 is 0 Å². The maximum atomic E-state index is 12.3. The van der Waals surface area contributed by atoms with Gasteiger partial charge in [0, 0.05) is 39.1 Å². The van der Waals surface area contributed by atoms with Crippen molar-refractivity contribution in [1.82, 2.24) is 28.9 Å². The smallest absolute Gasteiger partial charge is 0.306 e. The standard InChI is InChI=1S/C21H25N3O.C14H19N3O.C8H8O/c25-21-22-19-10-4-5-11-20(19)24(21)16-18-9-6-13-23(15-18)14-12-17-7-2-1-3-8-17;1-16-8-4-5-11(9-16)10-17-13-7-3-2-6-12(13)15-14(17)18;9-7-6-8-4-2-1-3-5-8/h1-5,7-8,10-11,18H,6,9,12-16H2,(H,22,25);2-3,6-7,11H,4-5,8-10H2,1H3,(H,15,18);1-5,7H,6H2. The number of carbonyl (C=O) groups is 1. The molecule has 2 aliphatic rings. The molecule has 0 aliphatic carbocycles. The topological polar surface area (TPSA) is 99.1 Å². The monoisotopic (exact) mass is 700 g/mol. The fraction of sp³-hybridized carbons (Fsp3) is 0.372. The lowest BCUT2D eigenvalue weighted by Crippen LogP contribution is -2.39. The summed E-state index contributed by atoms with van der Waals surface area (Å²) in [4.78, 5) is 45.1. The molecule has 2 aromatic heterocycles. The average molecular weight is 701 g/mol. The Hall–Kier alpha value is -4.99. The highest BCUT2D eigenvalue weighted by Crippen LogP contribution is 2.21. The van der Waals surface area contributed by atoms with E-state index in [-0.39, 0.29) is 11.4 Å². The van der Waals surface area contributed by atoms with Crippen LogP contribution in [-0.4, -0.2) is 75.0 Å². The Morgan fingerprint density at radius 2 is 1.13 bits per heavy atom. The first kappa shape index (κ1) is 36.8. The number of imidazole rings is 2. The third kappa shape index (κ3) is 10.1. The summed E-state index contributed by atoms with van der Waals surface area (Å²) in [5.41, 5.74) is 6.43. The van der Waals surface area contributed by atoms with Gasteiger partial charge < -0.3 is 24.6 Å². The van der Waals surface area contributed by atoms with Gasteiger partial charge in [-0.25, -0.2) is 9.59 Å². The van der Waals surface area contributed by atoms with E-state index in [1.54, 1.807) is 0 Å². The molecule has 2 atom stereocenters. The molecular weight excluding hydrogens is 649 g/mol. The summed E-state index contributed by atoms with van der Waals surface area (Å²) in [7, 11) is 2.16. The highest BCUT2D eigenvalue weighted by molar-refractivity contribution is 5.75.